The Morgan fingerprint density at radius 2 is 0.506 bits per heavy atom. The summed E-state index contributed by atoms with van der Waals surface area (Å²) >= 11 is 0. The number of hydrogen-bond donors (Lipinski definition) is 0. The highest BCUT2D eigenvalue weighted by atomic mass is 28.3. The Labute approximate surface area is 516 Å². The molecule has 13 aromatic carbocycles. The minimum absolute atomic E-state index is 0.907. The summed E-state index contributed by atoms with van der Waals surface area (Å²) in [5, 5.41) is 15.7. The van der Waals surface area contributed by atoms with Crippen molar-refractivity contribution in [1.82, 2.24) is 18.3 Å². The average Bonchev–Trinajstić information content (AvgIpc) is 1.91. The van der Waals surface area contributed by atoms with Crippen molar-refractivity contribution >= 4 is 117 Å². The van der Waals surface area contributed by atoms with E-state index in [1.807, 2.05) is 0 Å². The number of hydrogen-bond acceptors (Lipinski definition) is 0. The molecule has 4 nitrogen and oxygen atoms in total. The topological polar surface area (TPSA) is 19.7 Å². The van der Waals surface area contributed by atoms with Crippen LogP contribution in [-0.2, 0) is 0 Å². The summed E-state index contributed by atoms with van der Waals surface area (Å²) in [5.74, 6) is 0. The van der Waals surface area contributed by atoms with Crippen molar-refractivity contribution in [1.29, 1.82) is 0 Å². The Balaban J connectivity index is 0.733. The first kappa shape index (κ1) is 51.0. The first-order valence-electron chi connectivity index (χ1n) is 31.0. The van der Waals surface area contributed by atoms with E-state index in [0.717, 1.165) is 18.5 Å². The van der Waals surface area contributed by atoms with Gasteiger partial charge < -0.3 is 18.3 Å². The van der Waals surface area contributed by atoms with E-state index < -0.39 is 8.07 Å². The van der Waals surface area contributed by atoms with Crippen LogP contribution in [0.15, 0.2) is 333 Å². The second kappa shape index (κ2) is 20.5. The molecule has 0 saturated carbocycles. The van der Waals surface area contributed by atoms with E-state index in [-0.39, 0.29) is 0 Å². The van der Waals surface area contributed by atoms with Crippen molar-refractivity contribution < 1.29 is 0 Å². The zero-order valence-electron chi connectivity index (χ0n) is 48.9. The lowest BCUT2D eigenvalue weighted by molar-refractivity contribution is 0.960. The number of aromatic nitrogens is 4. The predicted octanol–water partition coefficient (Wildman–Crippen LogP) is 19.7. The van der Waals surface area contributed by atoms with Gasteiger partial charge in [0.25, 0.3) is 0 Å². The minimum atomic E-state index is -2.86. The molecule has 0 unspecified atom stereocenters. The number of fused-ring (bicyclic) bond motifs is 12. The quantitative estimate of drug-likeness (QED) is 0.0961. The highest BCUT2D eigenvalue weighted by Gasteiger charge is 2.43. The van der Waals surface area contributed by atoms with Crippen LogP contribution in [0, 0.1) is 0 Å². The van der Waals surface area contributed by atoms with Gasteiger partial charge in [0.05, 0.1) is 44.1 Å². The van der Waals surface area contributed by atoms with Gasteiger partial charge in [-0.15, -0.1) is 0 Å². The Hall–Kier alpha value is -11.2. The average molecular weight is 1150 g/mol. The van der Waals surface area contributed by atoms with Crippen LogP contribution < -0.4 is 15.6 Å². The van der Waals surface area contributed by atoms with Crippen molar-refractivity contribution in [3.8, 4) is 39.3 Å². The summed E-state index contributed by atoms with van der Waals surface area (Å²) in [5.41, 5.74) is 19.3. The first-order valence-corrected chi connectivity index (χ1v) is 33.0. The Morgan fingerprint density at radius 3 is 0.865 bits per heavy atom. The molecule has 0 radical (unpaired) electrons. The van der Waals surface area contributed by atoms with Crippen molar-refractivity contribution in [2.45, 2.75) is 12.8 Å². The summed E-state index contributed by atoms with van der Waals surface area (Å²) in [7, 11) is -2.86. The Kier molecular flexibility index (Phi) is 11.7. The second-order valence-corrected chi connectivity index (χ2v) is 27.8. The number of nitrogens with zero attached hydrogens (tertiary/aromatic N) is 4. The molecule has 0 atom stereocenters. The fourth-order valence-corrected chi connectivity index (χ4v) is 20.3. The molecule has 0 saturated heterocycles. The third-order valence-electron chi connectivity index (χ3n) is 19.3. The molecule has 0 fully saturated rings. The van der Waals surface area contributed by atoms with Crippen LogP contribution in [-0.4, -0.2) is 26.3 Å². The van der Waals surface area contributed by atoms with E-state index in [0.29, 0.717) is 0 Å². The number of allylic oxidation sites excluding steroid dienone is 4. The maximum Gasteiger partial charge on any atom is 0.175 e. The fraction of sp³-hybridized carbons (Fsp3) is 0.0238. The fourth-order valence-electron chi connectivity index (χ4n) is 15.3. The molecule has 17 aromatic rings. The number of benzene rings is 13. The molecule has 4 aromatic heterocycles. The van der Waals surface area contributed by atoms with Gasteiger partial charge in [-0.2, -0.15) is 0 Å². The van der Waals surface area contributed by atoms with Gasteiger partial charge in [0.15, 0.2) is 8.07 Å². The molecule has 0 spiro atoms. The van der Waals surface area contributed by atoms with Crippen LogP contribution in [0.5, 0.6) is 0 Å². The van der Waals surface area contributed by atoms with Gasteiger partial charge in [-0.1, -0.05) is 218 Å². The smallest absolute Gasteiger partial charge is 0.175 e. The van der Waals surface area contributed by atoms with E-state index in [9.17, 15) is 0 Å². The molecule has 4 heterocycles. The first-order chi connectivity index (χ1) is 44.2. The van der Waals surface area contributed by atoms with Crippen molar-refractivity contribution in [3.63, 3.8) is 0 Å². The Morgan fingerprint density at radius 1 is 0.213 bits per heavy atom. The lowest BCUT2D eigenvalue weighted by atomic mass is 10.0. The predicted molar refractivity (Wildman–Crippen MR) is 379 cm³/mol. The Bertz CT molecular complexity index is 5670. The minimum Gasteiger partial charge on any atom is -0.313 e. The molecule has 18 rings (SSSR count). The highest BCUT2D eigenvalue weighted by Crippen LogP contribution is 2.42. The lowest BCUT2D eigenvalue weighted by Gasteiger charge is -2.37. The maximum atomic E-state index is 2.54. The molecule has 1 aliphatic carbocycles. The van der Waals surface area contributed by atoms with Gasteiger partial charge in [0, 0.05) is 65.8 Å². The van der Waals surface area contributed by atoms with E-state index in [2.05, 4.69) is 346 Å². The maximum absolute atomic E-state index is 2.86. The standard InChI is InChI=1S/C84H58N4Si/c1-5-21-61(22-6-1)85-77-33-17-13-29-69(77)73-53-57(37-49-81(73)85)59-39-51-83-75(55-59)71-31-15-19-35-79(71)87(83)63-41-45-67(46-42-63)89(65-25-9-3-10-26-65,66-27-11-4-12-28-66)68-47-43-64(44-48-68)88-80-36-20-16-32-72(80)76-56-60(40-52-84(76)88)58-38-50-82-74(54-58)70-30-14-18-34-78(70)86(82)62-23-7-2-8-24-62/h1-43,45-47,49-56H,44,48H2. The molecule has 89 heavy (non-hydrogen) atoms. The van der Waals surface area contributed by atoms with Gasteiger partial charge in [0.2, 0.25) is 0 Å². The largest absolute Gasteiger partial charge is 0.313 e. The van der Waals surface area contributed by atoms with E-state index in [1.54, 1.807) is 0 Å². The van der Waals surface area contributed by atoms with Crippen LogP contribution >= 0.6 is 0 Å². The molecule has 5 heteroatoms. The van der Waals surface area contributed by atoms with Gasteiger partial charge in [-0.05, 0) is 166 Å². The van der Waals surface area contributed by atoms with Crippen LogP contribution in [0.4, 0.5) is 0 Å². The number of para-hydroxylation sites is 6. The molecule has 0 amide bonds. The van der Waals surface area contributed by atoms with E-state index >= 15 is 0 Å². The lowest BCUT2D eigenvalue weighted by Crippen LogP contribution is -2.68. The molecular weight excluding hydrogens is 1090 g/mol. The van der Waals surface area contributed by atoms with Crippen LogP contribution in [0.2, 0.25) is 0 Å². The van der Waals surface area contributed by atoms with Crippen LogP contribution in [0.3, 0.4) is 0 Å². The third kappa shape index (κ3) is 7.92. The molecule has 0 aliphatic heterocycles. The van der Waals surface area contributed by atoms with Crippen LogP contribution in [0.25, 0.3) is 132 Å². The second-order valence-electron chi connectivity index (χ2n) is 23.9. The molecule has 0 N–H and O–H groups in total. The van der Waals surface area contributed by atoms with E-state index in [4.69, 9.17) is 0 Å². The summed E-state index contributed by atoms with van der Waals surface area (Å²) in [4.78, 5) is 0. The molecule has 418 valence electrons. The van der Waals surface area contributed by atoms with Crippen LogP contribution in [0.1, 0.15) is 12.8 Å². The van der Waals surface area contributed by atoms with Crippen molar-refractivity contribution in [2.24, 2.45) is 0 Å². The SMILES string of the molecule is C1=C(n2c3ccccc3c3cc(-c4ccc5c(c4)c4ccccc4n5-c4ccccc4)ccc32)CCC([Si](c2ccccc2)(c2ccccc2)c2ccc(-n3c4ccccc4c4cc(-c5ccc6c(c5)c5ccccc5n6-c5ccccc5)ccc43)cc2)=C1. The van der Waals surface area contributed by atoms with Crippen molar-refractivity contribution in [2.75, 3.05) is 0 Å². The monoisotopic (exact) mass is 1150 g/mol. The zero-order valence-corrected chi connectivity index (χ0v) is 49.9. The van der Waals surface area contributed by atoms with E-state index in [1.165, 1.54) is 147 Å². The third-order valence-corrected chi connectivity index (χ3v) is 24.2. The molecule has 0 bridgehead atoms. The van der Waals surface area contributed by atoms with Gasteiger partial charge in [0.1, 0.15) is 0 Å². The van der Waals surface area contributed by atoms with Gasteiger partial charge in [-0.3, -0.25) is 0 Å². The highest BCUT2D eigenvalue weighted by molar-refractivity contribution is 7.16. The van der Waals surface area contributed by atoms with Crippen molar-refractivity contribution in [3.05, 3.63) is 333 Å². The zero-order chi connectivity index (χ0) is 58.6. The van der Waals surface area contributed by atoms with Gasteiger partial charge >= 0.3 is 0 Å². The number of rotatable bonds is 10. The normalized spacial score (nSPS) is 13.0. The summed E-state index contributed by atoms with van der Waals surface area (Å²) in [6, 6.07) is 118. The summed E-state index contributed by atoms with van der Waals surface area (Å²) in [6.07, 6.45) is 6.80. The summed E-state index contributed by atoms with van der Waals surface area (Å²) < 4.78 is 9.79. The molecular formula is C84H58N4Si. The van der Waals surface area contributed by atoms with Gasteiger partial charge in [-0.25, -0.2) is 0 Å². The molecule has 1 aliphatic rings. The summed E-state index contributed by atoms with van der Waals surface area (Å²) in [6.45, 7) is 0.